The van der Waals surface area contributed by atoms with Crippen molar-refractivity contribution in [3.63, 3.8) is 0 Å². The summed E-state index contributed by atoms with van der Waals surface area (Å²) in [6.07, 6.45) is 3.44. The number of non-ortho nitro benzene ring substituents is 1. The van der Waals surface area contributed by atoms with E-state index in [2.05, 4.69) is 0 Å². The van der Waals surface area contributed by atoms with Crippen LogP contribution in [0.5, 0.6) is 0 Å². The summed E-state index contributed by atoms with van der Waals surface area (Å²) < 4.78 is 24.2. The van der Waals surface area contributed by atoms with E-state index in [9.17, 15) is 24.5 Å². The second kappa shape index (κ2) is 12.6. The first-order valence-electron chi connectivity index (χ1n) is 13.4. The van der Waals surface area contributed by atoms with Gasteiger partial charge < -0.3 is 28.1 Å². The third-order valence-corrected chi connectivity index (χ3v) is 7.17. The number of aryl methyl sites for hydroxylation is 2. The molecule has 0 fully saturated rings. The second-order valence-electron chi connectivity index (χ2n) is 9.87. The zero-order valence-electron chi connectivity index (χ0n) is 23.9. The molecule has 0 radical (unpaired) electrons. The number of hydrogen-bond acceptors (Lipinski definition) is 9. The summed E-state index contributed by atoms with van der Waals surface area (Å²) in [5, 5.41) is 12.7. The number of benzene rings is 2. The van der Waals surface area contributed by atoms with Crippen molar-refractivity contribution in [2.75, 3.05) is 46.9 Å². The Labute approximate surface area is 245 Å². The van der Waals surface area contributed by atoms with Gasteiger partial charge in [-0.15, -0.1) is 0 Å². The van der Waals surface area contributed by atoms with Crippen LogP contribution in [0.1, 0.15) is 11.1 Å². The number of hydrogen-bond donors (Lipinski definition) is 0. The summed E-state index contributed by atoms with van der Waals surface area (Å²) in [6, 6.07) is 11.8. The molecule has 13 heteroatoms. The Bertz CT molecular complexity index is 1770. The smallest absolute Gasteiger partial charge is 0.333 e. The second-order valence-corrected chi connectivity index (χ2v) is 9.87. The largest absolute Gasteiger partial charge is 0.442 e. The average Bonchev–Trinajstić information content (AvgIpc) is 3.58. The molecule has 4 aromatic rings. The maximum absolute atomic E-state index is 13.9. The fourth-order valence-electron chi connectivity index (χ4n) is 5.11. The van der Waals surface area contributed by atoms with E-state index < -0.39 is 29.4 Å². The van der Waals surface area contributed by atoms with E-state index in [0.717, 1.165) is 15.8 Å². The summed E-state index contributed by atoms with van der Waals surface area (Å²) in [4.78, 5) is 52.0. The van der Waals surface area contributed by atoms with Crippen LogP contribution in [0.25, 0.3) is 33.0 Å². The molecule has 2 amide bonds. The normalized spacial score (nSPS) is 13.6. The summed E-state index contributed by atoms with van der Waals surface area (Å²) in [5.74, 6) is -2.04. The van der Waals surface area contributed by atoms with Crippen molar-refractivity contribution in [1.29, 1.82) is 0 Å². The van der Waals surface area contributed by atoms with E-state index in [0.29, 0.717) is 35.2 Å². The highest BCUT2D eigenvalue weighted by Gasteiger charge is 2.42. The number of nitro groups is 1. The number of fused-ring (bicyclic) bond motifs is 2. The predicted molar refractivity (Wildman–Crippen MR) is 156 cm³/mol. The molecule has 0 N–H and O–H groups in total. The minimum absolute atomic E-state index is 0.102. The van der Waals surface area contributed by atoms with E-state index in [1.165, 1.54) is 12.1 Å². The topological polar surface area (TPSA) is 144 Å². The lowest BCUT2D eigenvalue weighted by atomic mass is 9.95. The van der Waals surface area contributed by atoms with Gasteiger partial charge >= 0.3 is 5.97 Å². The molecule has 5 rings (SSSR count). The Morgan fingerprint density at radius 3 is 2.12 bits per heavy atom. The van der Waals surface area contributed by atoms with Crippen molar-refractivity contribution in [3.05, 3.63) is 76.1 Å². The van der Waals surface area contributed by atoms with Crippen molar-refractivity contribution < 1.29 is 38.3 Å². The van der Waals surface area contributed by atoms with Crippen LogP contribution in [0.3, 0.4) is 0 Å². The Hall–Kier alpha value is -4.85. The number of carbonyl (C=O) groups is 3. The fraction of sp³-hybridized carbons (Fsp3) is 0.300. The minimum Gasteiger partial charge on any atom is -0.442 e. The molecule has 2 aromatic carbocycles. The molecule has 1 aliphatic heterocycles. The monoisotopic (exact) mass is 590 g/mol. The molecule has 0 saturated heterocycles. The molecule has 0 spiro atoms. The molecule has 0 bridgehead atoms. The van der Waals surface area contributed by atoms with E-state index in [1.54, 1.807) is 37.2 Å². The van der Waals surface area contributed by atoms with Crippen LogP contribution in [-0.4, -0.2) is 83.6 Å². The number of ether oxygens (including phenoxy) is 4. The number of imide groups is 1. The Balaban J connectivity index is 1.46. The Kier molecular flexibility index (Phi) is 8.66. The number of para-hydroxylation sites is 1. The number of esters is 1. The maximum atomic E-state index is 13.9. The Morgan fingerprint density at radius 1 is 0.837 bits per heavy atom. The number of amides is 2. The van der Waals surface area contributed by atoms with Gasteiger partial charge in [0.2, 0.25) is 0 Å². The van der Waals surface area contributed by atoms with Gasteiger partial charge in [0.05, 0.1) is 48.0 Å². The van der Waals surface area contributed by atoms with E-state index in [1.807, 2.05) is 35.9 Å². The molecule has 2 aromatic heterocycles. The third kappa shape index (κ3) is 5.78. The summed E-state index contributed by atoms with van der Waals surface area (Å²) in [5.41, 5.74) is 2.49. The molecule has 0 unspecified atom stereocenters. The zero-order chi connectivity index (χ0) is 30.7. The molecule has 224 valence electrons. The van der Waals surface area contributed by atoms with Gasteiger partial charge in [-0.25, -0.2) is 9.69 Å². The number of aromatic nitrogens is 2. The van der Waals surface area contributed by atoms with Gasteiger partial charge in [-0.05, 0) is 12.1 Å². The first-order valence-corrected chi connectivity index (χ1v) is 13.4. The van der Waals surface area contributed by atoms with Crippen LogP contribution < -0.4 is 0 Å². The van der Waals surface area contributed by atoms with E-state index in [-0.39, 0.29) is 36.7 Å². The van der Waals surface area contributed by atoms with Gasteiger partial charge in [-0.3, -0.25) is 19.7 Å². The number of nitrogens with zero attached hydrogens (tertiary/aromatic N) is 4. The van der Waals surface area contributed by atoms with Crippen LogP contribution in [-0.2, 0) is 47.4 Å². The van der Waals surface area contributed by atoms with Crippen molar-refractivity contribution in [2.24, 2.45) is 14.1 Å². The van der Waals surface area contributed by atoms with Crippen LogP contribution in [0.4, 0.5) is 5.69 Å². The lowest BCUT2D eigenvalue weighted by Crippen LogP contribution is -2.35. The van der Waals surface area contributed by atoms with Crippen molar-refractivity contribution in [2.45, 2.75) is 0 Å². The molecule has 13 nitrogen and oxygen atoms in total. The van der Waals surface area contributed by atoms with Gasteiger partial charge in [0, 0.05) is 73.1 Å². The summed E-state index contributed by atoms with van der Waals surface area (Å²) in [7, 11) is 5.11. The first kappa shape index (κ1) is 29.6. The lowest BCUT2D eigenvalue weighted by Gasteiger charge is -2.15. The minimum atomic E-state index is -0.755. The van der Waals surface area contributed by atoms with Gasteiger partial charge in [0.1, 0.15) is 6.61 Å². The van der Waals surface area contributed by atoms with E-state index >= 15 is 0 Å². The SMILES string of the molecule is COCCOCCOCC(=O)OCN1C(=O)C(c2cn(C)c3ccccc23)=C(c2cn(C)c3cc([N+](=O)[O-])ccc23)C1=O. The highest BCUT2D eigenvalue weighted by atomic mass is 16.6. The molecule has 0 aliphatic carbocycles. The van der Waals surface area contributed by atoms with Gasteiger partial charge in [-0.2, -0.15) is 0 Å². The van der Waals surface area contributed by atoms with Crippen molar-refractivity contribution in [3.8, 4) is 0 Å². The van der Waals surface area contributed by atoms with Crippen LogP contribution >= 0.6 is 0 Å². The summed E-state index contributed by atoms with van der Waals surface area (Å²) >= 11 is 0. The third-order valence-electron chi connectivity index (χ3n) is 7.17. The molecular weight excluding hydrogens is 560 g/mol. The maximum Gasteiger partial charge on any atom is 0.333 e. The predicted octanol–water partition coefficient (Wildman–Crippen LogP) is 3.04. The summed E-state index contributed by atoms with van der Waals surface area (Å²) in [6.45, 7) is 0.244. The first-order chi connectivity index (χ1) is 20.7. The highest BCUT2D eigenvalue weighted by Crippen LogP contribution is 2.42. The van der Waals surface area contributed by atoms with Crippen molar-refractivity contribution >= 4 is 56.4 Å². The number of carbonyl (C=O) groups excluding carboxylic acids is 3. The molecule has 0 saturated carbocycles. The quantitative estimate of drug-likeness (QED) is 0.0754. The van der Waals surface area contributed by atoms with Gasteiger partial charge in [-0.1, -0.05) is 18.2 Å². The molecule has 3 heterocycles. The van der Waals surface area contributed by atoms with Crippen LogP contribution in [0, 0.1) is 10.1 Å². The molecule has 1 aliphatic rings. The average molecular weight is 591 g/mol. The van der Waals surface area contributed by atoms with Crippen molar-refractivity contribution in [1.82, 2.24) is 14.0 Å². The zero-order valence-corrected chi connectivity index (χ0v) is 23.9. The number of nitro benzene ring substituents is 1. The standard InChI is InChI=1S/C30H30N4O9/c1-31-15-22(20-6-4-5-7-24(20)31)27-28(23-16-32(2)25-14-19(34(38)39)8-9-21(23)25)30(37)33(29(27)36)18-43-26(35)17-42-13-12-41-11-10-40-3/h4-9,14-16H,10-13,17-18H2,1-3H3. The molecular formula is C30H30N4O9. The Morgan fingerprint density at radius 2 is 1.44 bits per heavy atom. The van der Waals surface area contributed by atoms with E-state index in [4.69, 9.17) is 18.9 Å². The van der Waals surface area contributed by atoms with Gasteiger partial charge in [0.15, 0.2) is 6.73 Å². The van der Waals surface area contributed by atoms with Crippen LogP contribution in [0.2, 0.25) is 0 Å². The fourth-order valence-corrected chi connectivity index (χ4v) is 5.11. The molecule has 0 atom stereocenters. The number of rotatable bonds is 13. The number of methoxy groups -OCH3 is 1. The molecule has 43 heavy (non-hydrogen) atoms. The van der Waals surface area contributed by atoms with Gasteiger partial charge in [0.25, 0.3) is 17.5 Å². The lowest BCUT2D eigenvalue weighted by molar-refractivity contribution is -0.384. The van der Waals surface area contributed by atoms with Crippen LogP contribution in [0.15, 0.2) is 54.9 Å². The highest BCUT2D eigenvalue weighted by molar-refractivity contribution is 6.50.